The predicted octanol–water partition coefficient (Wildman–Crippen LogP) is 7.28. The van der Waals surface area contributed by atoms with E-state index in [2.05, 4.69) is 76.0 Å². The molecule has 1 saturated heterocycles. The highest BCUT2D eigenvalue weighted by molar-refractivity contribution is 6.32. The van der Waals surface area contributed by atoms with Crippen LogP contribution in [-0.2, 0) is 26.2 Å². The molecule has 0 radical (unpaired) electrons. The van der Waals surface area contributed by atoms with Crippen LogP contribution in [0, 0.1) is 25.2 Å². The number of nitrogens with zero attached hydrogens (tertiary/aromatic N) is 5. The quantitative estimate of drug-likeness (QED) is 0.0950. The van der Waals surface area contributed by atoms with Crippen molar-refractivity contribution in [3.05, 3.63) is 124 Å². The zero-order valence-electron chi connectivity index (χ0n) is 30.6. The Balaban J connectivity index is 1.15. The molecule has 0 amide bonds. The Morgan fingerprint density at radius 1 is 0.943 bits per heavy atom. The average Bonchev–Trinajstić information content (AvgIpc) is 3.85. The fourth-order valence-electron chi connectivity index (χ4n) is 6.67. The van der Waals surface area contributed by atoms with Gasteiger partial charge < -0.3 is 34.1 Å². The Labute approximate surface area is 316 Å². The highest BCUT2D eigenvalue weighted by Crippen LogP contribution is 2.37. The molecule has 2 N–H and O–H groups in total. The molecule has 3 aromatic carbocycles. The number of nitrogens with one attached hydrogen (secondary N) is 1. The predicted molar refractivity (Wildman–Crippen MR) is 206 cm³/mol. The van der Waals surface area contributed by atoms with Crippen molar-refractivity contribution in [2.24, 2.45) is 0 Å². The van der Waals surface area contributed by atoms with Crippen molar-refractivity contribution in [1.29, 1.82) is 5.26 Å². The van der Waals surface area contributed by atoms with Crippen molar-refractivity contribution in [3.8, 4) is 34.4 Å². The van der Waals surface area contributed by atoms with E-state index in [1.165, 1.54) is 6.20 Å². The molecule has 1 atom stereocenters. The van der Waals surface area contributed by atoms with E-state index < -0.39 is 0 Å². The number of likely N-dealkylation sites (tertiary alicyclic amines) is 1. The van der Waals surface area contributed by atoms with Gasteiger partial charge in [0.1, 0.15) is 36.5 Å². The number of hydrogen-bond acceptors (Lipinski definition) is 9. The van der Waals surface area contributed by atoms with Crippen LogP contribution < -0.4 is 14.2 Å². The molecule has 0 bridgehead atoms. The minimum atomic E-state index is -0.201. The molecule has 2 aromatic heterocycles. The van der Waals surface area contributed by atoms with Crippen molar-refractivity contribution in [2.45, 2.75) is 59.0 Å². The number of nitriles is 1. The number of benzene rings is 3. The van der Waals surface area contributed by atoms with Crippen LogP contribution in [0.15, 0.2) is 79.5 Å². The fourth-order valence-corrected chi connectivity index (χ4v) is 6.91. The molecule has 1 aliphatic heterocycles. The number of likely N-dealkylation sites (N-methyl/N-ethyl adjacent to an activating group) is 1. The van der Waals surface area contributed by atoms with Crippen molar-refractivity contribution in [1.82, 2.24) is 24.8 Å². The lowest BCUT2D eigenvalue weighted by Crippen LogP contribution is -2.24. The number of imidazole rings is 1. The largest absolute Gasteiger partial charge is 0.493 e. The van der Waals surface area contributed by atoms with Crippen molar-refractivity contribution >= 4 is 11.6 Å². The number of H-pyrrole nitrogens is 1. The molecule has 5 aromatic rings. The van der Waals surface area contributed by atoms with Crippen molar-refractivity contribution in [2.75, 3.05) is 39.8 Å². The van der Waals surface area contributed by atoms with E-state index in [9.17, 15) is 10.4 Å². The molecule has 3 heterocycles. The van der Waals surface area contributed by atoms with Gasteiger partial charge in [-0.05, 0) is 79.8 Å². The molecule has 6 rings (SSSR count). The van der Waals surface area contributed by atoms with Crippen LogP contribution in [0.2, 0.25) is 5.02 Å². The van der Waals surface area contributed by atoms with E-state index in [0.717, 1.165) is 95.8 Å². The third kappa shape index (κ3) is 10.2. The summed E-state index contributed by atoms with van der Waals surface area (Å²) in [6.45, 7) is 9.44. The minimum absolute atomic E-state index is 0.201. The van der Waals surface area contributed by atoms with Gasteiger partial charge in [-0.2, -0.15) is 5.26 Å². The van der Waals surface area contributed by atoms with Crippen LogP contribution in [0.1, 0.15) is 51.9 Å². The first-order valence-electron chi connectivity index (χ1n) is 18.1. The zero-order chi connectivity index (χ0) is 37.2. The lowest BCUT2D eigenvalue weighted by atomic mass is 9.93. The molecule has 53 heavy (non-hydrogen) atoms. The van der Waals surface area contributed by atoms with Gasteiger partial charge in [0.05, 0.1) is 29.6 Å². The number of pyridine rings is 1. The summed E-state index contributed by atoms with van der Waals surface area (Å²) < 4.78 is 19.0. The smallest absolute Gasteiger partial charge is 0.142 e. The Morgan fingerprint density at radius 2 is 1.75 bits per heavy atom. The van der Waals surface area contributed by atoms with Crippen LogP contribution in [0.25, 0.3) is 11.1 Å². The molecule has 10 nitrogen and oxygen atoms in total. The SMILES string of the molecule is Cc1c(COc2cc(OCc3cncc(C#N)c3)c(CN(C)CCc3cnc[nH]3)cc2Cl)cccc1-c1cccc(OCCCN2CC[C@@H](O)C2)c1C. The zero-order valence-corrected chi connectivity index (χ0v) is 31.4. The summed E-state index contributed by atoms with van der Waals surface area (Å²) in [6, 6.07) is 20.2. The number of β-amino-alcohol motifs (C(OH)–C–C–N with tert-alkyl or cyclic N) is 1. The molecule has 0 spiro atoms. The van der Waals surface area contributed by atoms with Gasteiger partial charge in [0.25, 0.3) is 0 Å². The van der Waals surface area contributed by atoms with Crippen LogP contribution in [0.5, 0.6) is 17.2 Å². The van der Waals surface area contributed by atoms with E-state index in [1.807, 2.05) is 30.5 Å². The summed E-state index contributed by atoms with van der Waals surface area (Å²) in [5.74, 6) is 2.05. The molecular formula is C42H47ClN6O4. The average molecular weight is 735 g/mol. The van der Waals surface area contributed by atoms with Gasteiger partial charge in [0.2, 0.25) is 0 Å². The molecule has 276 valence electrons. The summed E-state index contributed by atoms with van der Waals surface area (Å²) in [4.78, 5) is 16.0. The summed E-state index contributed by atoms with van der Waals surface area (Å²) >= 11 is 6.88. The first-order chi connectivity index (χ1) is 25.8. The minimum Gasteiger partial charge on any atom is -0.493 e. The number of hydrogen-bond donors (Lipinski definition) is 2. The number of ether oxygens (including phenoxy) is 3. The second kappa shape index (κ2) is 18.2. The third-order valence-corrected chi connectivity index (χ3v) is 10.0. The van der Waals surface area contributed by atoms with E-state index in [0.29, 0.717) is 41.8 Å². The lowest BCUT2D eigenvalue weighted by Gasteiger charge is -2.21. The number of halogens is 1. The maximum absolute atomic E-state index is 9.81. The standard InChI is InChI=1S/C42H47ClN6O4/c1-29-33(7-4-8-37(29)38-9-5-10-40(30(38)2)51-16-6-13-49-15-12-36(50)25-49)27-53-42-19-41(52-26-32-17-31(20-44)21-45-22-32)34(18-39(42)43)24-48(3)14-11-35-23-46-28-47-35/h4-5,7-10,17-19,21-23,28,36,50H,6,11-16,24-27H2,1-3H3,(H,46,47)/t36-/m1/s1. The monoisotopic (exact) mass is 734 g/mol. The fraction of sp³-hybridized carbons (Fsp3) is 0.357. The Kier molecular flexibility index (Phi) is 13.0. The van der Waals surface area contributed by atoms with E-state index in [4.69, 9.17) is 25.8 Å². The van der Waals surface area contributed by atoms with Crippen LogP contribution in [-0.4, -0.2) is 75.8 Å². The molecule has 1 fully saturated rings. The Hall–Kier alpha value is -4.92. The van der Waals surface area contributed by atoms with Crippen LogP contribution in [0.3, 0.4) is 0 Å². The number of aliphatic hydroxyl groups is 1. The van der Waals surface area contributed by atoms with Gasteiger partial charge in [0, 0.05) is 80.6 Å². The van der Waals surface area contributed by atoms with Gasteiger partial charge in [0.15, 0.2) is 0 Å². The number of aromatic nitrogens is 3. The van der Waals surface area contributed by atoms with Gasteiger partial charge >= 0.3 is 0 Å². The maximum atomic E-state index is 9.81. The first-order valence-corrected chi connectivity index (χ1v) is 18.4. The van der Waals surface area contributed by atoms with Crippen LogP contribution >= 0.6 is 11.6 Å². The second-order valence-corrected chi connectivity index (χ2v) is 14.1. The number of aliphatic hydroxyl groups excluding tert-OH is 1. The van der Waals surface area contributed by atoms with E-state index in [1.54, 1.807) is 18.6 Å². The third-order valence-electron chi connectivity index (χ3n) is 9.72. The van der Waals surface area contributed by atoms with Gasteiger partial charge in [-0.25, -0.2) is 4.98 Å². The van der Waals surface area contributed by atoms with Gasteiger partial charge in [-0.1, -0.05) is 41.9 Å². The highest BCUT2D eigenvalue weighted by atomic mass is 35.5. The molecule has 0 saturated carbocycles. The summed E-state index contributed by atoms with van der Waals surface area (Å²) in [7, 11) is 2.06. The van der Waals surface area contributed by atoms with Crippen molar-refractivity contribution < 1.29 is 19.3 Å². The topological polar surface area (TPSA) is 120 Å². The molecular weight excluding hydrogens is 688 g/mol. The molecule has 11 heteroatoms. The van der Waals surface area contributed by atoms with E-state index >= 15 is 0 Å². The lowest BCUT2D eigenvalue weighted by molar-refractivity contribution is 0.173. The van der Waals surface area contributed by atoms with Gasteiger partial charge in [-0.15, -0.1) is 0 Å². The Bertz CT molecular complexity index is 2010. The van der Waals surface area contributed by atoms with E-state index in [-0.39, 0.29) is 12.7 Å². The maximum Gasteiger partial charge on any atom is 0.142 e. The number of rotatable bonds is 17. The first kappa shape index (κ1) is 37.8. The van der Waals surface area contributed by atoms with Crippen molar-refractivity contribution in [3.63, 3.8) is 0 Å². The van der Waals surface area contributed by atoms with Crippen LogP contribution in [0.4, 0.5) is 0 Å². The number of aromatic amines is 1. The molecule has 0 aliphatic carbocycles. The normalized spacial score (nSPS) is 14.4. The molecule has 1 aliphatic rings. The van der Waals surface area contributed by atoms with Gasteiger partial charge in [-0.3, -0.25) is 4.98 Å². The Morgan fingerprint density at radius 3 is 2.53 bits per heavy atom. The summed E-state index contributed by atoms with van der Waals surface area (Å²) in [5.41, 5.74) is 8.76. The summed E-state index contributed by atoms with van der Waals surface area (Å²) in [6.07, 6.45) is 9.15. The second-order valence-electron chi connectivity index (χ2n) is 13.7. The summed E-state index contributed by atoms with van der Waals surface area (Å²) in [5, 5.41) is 19.7. The highest BCUT2D eigenvalue weighted by Gasteiger charge is 2.20. The molecule has 0 unspecified atom stereocenters.